The van der Waals surface area contributed by atoms with Crippen molar-refractivity contribution in [1.82, 2.24) is 19.5 Å². The second-order valence-electron chi connectivity index (χ2n) is 13.0. The van der Waals surface area contributed by atoms with Crippen molar-refractivity contribution in [3.05, 3.63) is 161 Å². The molecule has 0 amide bonds. The maximum Gasteiger partial charge on any atom is 0.0770 e. The Morgan fingerprint density at radius 1 is 0.804 bits per heavy atom. The molecular weight excluding hydrogens is 821 g/mol. The summed E-state index contributed by atoms with van der Waals surface area (Å²) >= 11 is 1.66. The summed E-state index contributed by atoms with van der Waals surface area (Å²) in [4.78, 5) is 13.5. The van der Waals surface area contributed by atoms with Crippen LogP contribution >= 0.6 is 11.3 Å². The topological polar surface area (TPSA) is 43.6 Å². The molecule has 8 rings (SSSR count). The van der Waals surface area contributed by atoms with Crippen LogP contribution in [0.2, 0.25) is 0 Å². The van der Waals surface area contributed by atoms with Gasteiger partial charge in [-0.05, 0) is 82.0 Å². The van der Waals surface area contributed by atoms with Crippen LogP contribution in [-0.2, 0) is 26.7 Å². The number of aromatic nitrogens is 4. The molecule has 0 spiro atoms. The van der Waals surface area contributed by atoms with E-state index >= 15 is 0 Å². The van der Waals surface area contributed by atoms with E-state index in [2.05, 4.69) is 126 Å². The zero-order chi connectivity index (χ0) is 37.1. The molecule has 1 radical (unpaired) electrons. The molecule has 4 nitrogen and oxygen atoms in total. The molecule has 0 saturated carbocycles. The summed E-state index contributed by atoms with van der Waals surface area (Å²) in [5.41, 5.74) is 11.7. The molecule has 0 unspecified atom stereocenters. The number of hydrogen-bond donors (Lipinski definition) is 0. The van der Waals surface area contributed by atoms with E-state index < -0.39 is 6.85 Å². The van der Waals surface area contributed by atoms with Gasteiger partial charge in [-0.3, -0.25) is 21.3 Å². The number of pyridine rings is 2. The predicted molar refractivity (Wildman–Crippen MR) is 210 cm³/mol. The number of thiophene rings is 1. The van der Waals surface area contributed by atoms with E-state index in [9.17, 15) is 0 Å². The standard InChI is InChI=1S/C33H30N3S.C12H10N.Ir/c1-21(2)25-8-7-9-26(22(3)4)28(25)19-36-31-11-6-5-10-30(31)35-33(36)29-20-37-32-13-12-24(18-27(29)32)23-14-16-34-17-15-23;1-10-7-8-12(13-9-10)11-5-3-2-4-6-11;/h5-18,21-22H,19H2,1-4H3;2-5,7-9H,1H3;/q2*-1;/i;1D3;. The summed E-state index contributed by atoms with van der Waals surface area (Å²) in [6, 6.07) is 39.8. The molecule has 0 fully saturated rings. The molecule has 4 aromatic carbocycles. The molecular formula is C45H40IrN4S-2. The average molecular weight is 864 g/mol. The van der Waals surface area contributed by atoms with E-state index in [1.807, 2.05) is 30.6 Å². The Kier molecular flexibility index (Phi) is 10.1. The van der Waals surface area contributed by atoms with Gasteiger partial charge in [0.25, 0.3) is 0 Å². The minimum absolute atomic E-state index is 0. The van der Waals surface area contributed by atoms with Gasteiger partial charge < -0.3 is 9.55 Å². The number of para-hydroxylation sites is 2. The molecule has 0 N–H and O–H groups in total. The van der Waals surface area contributed by atoms with Gasteiger partial charge in [0.2, 0.25) is 0 Å². The number of rotatable bonds is 7. The first-order chi connectivity index (χ1) is 25.6. The fourth-order valence-electron chi connectivity index (χ4n) is 6.44. The number of benzene rings is 4. The normalized spacial score (nSPS) is 12.2. The molecule has 0 aliphatic rings. The number of imidazole rings is 1. The van der Waals surface area contributed by atoms with Crippen molar-refractivity contribution < 1.29 is 24.2 Å². The van der Waals surface area contributed by atoms with Crippen LogP contribution in [0.1, 0.15) is 65.9 Å². The zero-order valence-electron chi connectivity index (χ0n) is 32.0. The molecule has 6 heteroatoms. The molecule has 0 aliphatic heterocycles. The van der Waals surface area contributed by atoms with Crippen LogP contribution in [-0.4, -0.2) is 19.5 Å². The first kappa shape index (κ1) is 32.2. The molecule has 0 aliphatic carbocycles. The molecule has 257 valence electrons. The van der Waals surface area contributed by atoms with Gasteiger partial charge in [-0.2, -0.15) is 0 Å². The Morgan fingerprint density at radius 2 is 1.57 bits per heavy atom. The summed E-state index contributed by atoms with van der Waals surface area (Å²) in [5, 5.41) is 4.81. The minimum Gasteiger partial charge on any atom is -0.360 e. The van der Waals surface area contributed by atoms with Crippen molar-refractivity contribution in [2.24, 2.45) is 0 Å². The van der Waals surface area contributed by atoms with Crippen LogP contribution < -0.4 is 0 Å². The summed E-state index contributed by atoms with van der Waals surface area (Å²) in [6.45, 7) is 7.85. The van der Waals surface area contributed by atoms with E-state index in [0.717, 1.165) is 45.8 Å². The smallest absolute Gasteiger partial charge is 0.0770 e. The second kappa shape index (κ2) is 16.1. The fourth-order valence-corrected chi connectivity index (χ4v) is 7.26. The SMILES string of the molecule is CC(C)c1cccc(C(C)C)c1Cn1c(-c2[c-]sc3ccc(-c4ccncc4)cc23)nc2ccccc21.[2H]C([2H])([2H])c1ccc(-c2[c-]cccc2)nc1.[Ir]. The van der Waals surface area contributed by atoms with Crippen LogP contribution in [0.25, 0.3) is 54.9 Å². The molecule has 51 heavy (non-hydrogen) atoms. The number of hydrogen-bond acceptors (Lipinski definition) is 4. The molecule has 0 atom stereocenters. The molecule has 8 aromatic rings. The third kappa shape index (κ3) is 7.79. The van der Waals surface area contributed by atoms with Gasteiger partial charge in [-0.15, -0.1) is 41.3 Å². The molecule has 0 bridgehead atoms. The minimum atomic E-state index is -2.09. The Balaban J connectivity index is 0.000000246. The maximum atomic E-state index is 7.23. The average Bonchev–Trinajstić information content (AvgIpc) is 3.76. The van der Waals surface area contributed by atoms with Crippen LogP contribution in [0.5, 0.6) is 0 Å². The molecule has 4 heterocycles. The quantitative estimate of drug-likeness (QED) is 0.150. The monoisotopic (exact) mass is 864 g/mol. The van der Waals surface area contributed by atoms with Crippen LogP contribution in [0.3, 0.4) is 0 Å². The fraction of sp³-hybridized carbons (Fsp3) is 0.178. The van der Waals surface area contributed by atoms with Gasteiger partial charge in [0, 0.05) is 49.4 Å². The van der Waals surface area contributed by atoms with Crippen LogP contribution in [0.4, 0.5) is 0 Å². The van der Waals surface area contributed by atoms with E-state index in [0.29, 0.717) is 11.8 Å². The first-order valence-electron chi connectivity index (χ1n) is 18.4. The Hall–Kier alpha value is -4.74. The first-order valence-corrected chi connectivity index (χ1v) is 17.8. The number of aryl methyl sites for hydroxylation is 1. The Labute approximate surface area is 322 Å². The van der Waals surface area contributed by atoms with Crippen molar-refractivity contribution in [3.63, 3.8) is 0 Å². The van der Waals surface area contributed by atoms with Crippen LogP contribution in [0, 0.1) is 18.3 Å². The van der Waals surface area contributed by atoms with E-state index in [4.69, 9.17) is 9.10 Å². The van der Waals surface area contributed by atoms with Crippen molar-refractivity contribution in [3.8, 4) is 33.8 Å². The maximum absolute atomic E-state index is 7.23. The molecule has 0 saturated heterocycles. The zero-order valence-corrected chi connectivity index (χ0v) is 32.2. The largest absolute Gasteiger partial charge is 0.360 e. The van der Waals surface area contributed by atoms with E-state index in [1.54, 1.807) is 29.5 Å². The third-order valence-electron chi connectivity index (χ3n) is 8.96. The Morgan fingerprint density at radius 3 is 2.25 bits per heavy atom. The summed E-state index contributed by atoms with van der Waals surface area (Å²) in [7, 11) is 0. The molecule has 4 aromatic heterocycles. The van der Waals surface area contributed by atoms with E-state index in [-0.39, 0.29) is 25.7 Å². The summed E-state index contributed by atoms with van der Waals surface area (Å²) in [5.74, 6) is 1.87. The van der Waals surface area contributed by atoms with Crippen molar-refractivity contribution in [2.45, 2.75) is 52.9 Å². The van der Waals surface area contributed by atoms with Gasteiger partial charge in [0.1, 0.15) is 0 Å². The van der Waals surface area contributed by atoms with Gasteiger partial charge in [-0.1, -0.05) is 104 Å². The summed E-state index contributed by atoms with van der Waals surface area (Å²) in [6.07, 6.45) is 5.08. The van der Waals surface area contributed by atoms with Gasteiger partial charge in [0.15, 0.2) is 0 Å². The van der Waals surface area contributed by atoms with Gasteiger partial charge in [0.05, 0.1) is 16.9 Å². The van der Waals surface area contributed by atoms with Crippen molar-refractivity contribution in [2.75, 3.05) is 0 Å². The van der Waals surface area contributed by atoms with Gasteiger partial charge >= 0.3 is 0 Å². The number of fused-ring (bicyclic) bond motifs is 2. The second-order valence-corrected chi connectivity index (χ2v) is 13.8. The summed E-state index contributed by atoms with van der Waals surface area (Å²) < 4.78 is 25.3. The van der Waals surface area contributed by atoms with Crippen LogP contribution in [0.15, 0.2) is 128 Å². The van der Waals surface area contributed by atoms with E-state index in [1.165, 1.54) is 38.5 Å². The third-order valence-corrected chi connectivity index (χ3v) is 9.84. The number of nitrogens with zero attached hydrogens (tertiary/aromatic N) is 4. The van der Waals surface area contributed by atoms with Gasteiger partial charge in [-0.25, -0.2) is 0 Å². The van der Waals surface area contributed by atoms with Crippen molar-refractivity contribution in [1.29, 1.82) is 0 Å². The predicted octanol–water partition coefficient (Wildman–Crippen LogP) is 11.9. The Bertz CT molecular complexity index is 2450. The van der Waals surface area contributed by atoms with Crippen molar-refractivity contribution >= 4 is 32.5 Å².